The van der Waals surface area contributed by atoms with Gasteiger partial charge in [-0.25, -0.2) is 18.4 Å². The average molecular weight is 409 g/mol. The SMILES string of the molecule is Cc1cc(C)c(Oc2nc(-c3cccc(C#N)n3)ccc2NS(C)(=O)=O)c(C)n1. The number of aromatic nitrogens is 3. The van der Waals surface area contributed by atoms with Crippen LogP contribution in [-0.2, 0) is 10.0 Å². The molecule has 0 aliphatic heterocycles. The van der Waals surface area contributed by atoms with Crippen molar-refractivity contribution >= 4 is 15.7 Å². The Hall–Kier alpha value is -3.51. The van der Waals surface area contributed by atoms with Gasteiger partial charge in [-0.3, -0.25) is 9.71 Å². The summed E-state index contributed by atoms with van der Waals surface area (Å²) in [6.45, 7) is 5.57. The van der Waals surface area contributed by atoms with Gasteiger partial charge in [0.05, 0.1) is 23.3 Å². The second-order valence-corrected chi connectivity index (χ2v) is 8.29. The summed E-state index contributed by atoms with van der Waals surface area (Å²) in [5.41, 5.74) is 3.69. The molecule has 0 saturated carbocycles. The minimum atomic E-state index is -3.55. The van der Waals surface area contributed by atoms with E-state index in [1.165, 1.54) is 0 Å². The molecule has 1 N–H and O–H groups in total. The van der Waals surface area contributed by atoms with Crippen LogP contribution in [0.25, 0.3) is 11.4 Å². The maximum absolute atomic E-state index is 11.8. The first-order valence-electron chi connectivity index (χ1n) is 8.65. The lowest BCUT2D eigenvalue weighted by atomic mass is 10.2. The van der Waals surface area contributed by atoms with E-state index in [2.05, 4.69) is 19.7 Å². The zero-order chi connectivity index (χ0) is 21.2. The summed E-state index contributed by atoms with van der Waals surface area (Å²) in [5.74, 6) is 0.560. The Morgan fingerprint density at radius 2 is 1.76 bits per heavy atom. The molecule has 3 rings (SSSR count). The number of pyridine rings is 3. The van der Waals surface area contributed by atoms with E-state index >= 15 is 0 Å². The molecular formula is C20H19N5O3S. The minimum absolute atomic E-state index is 0.0638. The quantitative estimate of drug-likeness (QED) is 0.685. The molecule has 0 fully saturated rings. The maximum Gasteiger partial charge on any atom is 0.244 e. The van der Waals surface area contributed by atoms with E-state index in [1.54, 1.807) is 37.3 Å². The molecule has 0 bridgehead atoms. The molecule has 0 aliphatic carbocycles. The van der Waals surface area contributed by atoms with Crippen LogP contribution in [-0.4, -0.2) is 29.6 Å². The number of nitriles is 1. The van der Waals surface area contributed by atoms with Gasteiger partial charge in [0.1, 0.15) is 17.5 Å². The molecular weight excluding hydrogens is 390 g/mol. The Bertz CT molecular complexity index is 1210. The maximum atomic E-state index is 11.8. The van der Waals surface area contributed by atoms with Gasteiger partial charge in [0.2, 0.25) is 15.9 Å². The van der Waals surface area contributed by atoms with Crippen LogP contribution in [0.2, 0.25) is 0 Å². The number of nitrogens with one attached hydrogen (secondary N) is 1. The molecule has 9 heteroatoms. The summed E-state index contributed by atoms with van der Waals surface area (Å²) in [4.78, 5) is 13.1. The molecule has 3 aromatic heterocycles. The van der Waals surface area contributed by atoms with Crippen LogP contribution in [0, 0.1) is 32.1 Å². The molecule has 0 radical (unpaired) electrons. The molecule has 0 saturated heterocycles. The van der Waals surface area contributed by atoms with Crippen molar-refractivity contribution < 1.29 is 13.2 Å². The largest absolute Gasteiger partial charge is 0.435 e. The third kappa shape index (κ3) is 4.86. The van der Waals surface area contributed by atoms with Crippen molar-refractivity contribution in [3.63, 3.8) is 0 Å². The number of sulfonamides is 1. The Morgan fingerprint density at radius 1 is 1.03 bits per heavy atom. The Balaban J connectivity index is 2.12. The first kappa shape index (κ1) is 20.2. The summed E-state index contributed by atoms with van der Waals surface area (Å²) in [5, 5.41) is 9.07. The van der Waals surface area contributed by atoms with Crippen LogP contribution in [0.5, 0.6) is 11.6 Å². The average Bonchev–Trinajstić information content (AvgIpc) is 2.64. The fourth-order valence-electron chi connectivity index (χ4n) is 2.84. The normalized spacial score (nSPS) is 11.0. The van der Waals surface area contributed by atoms with Gasteiger partial charge in [0.25, 0.3) is 0 Å². The Kier molecular flexibility index (Phi) is 5.48. The summed E-state index contributed by atoms with van der Waals surface area (Å²) in [6, 6.07) is 12.0. The molecule has 0 spiro atoms. The molecule has 0 amide bonds. The monoisotopic (exact) mass is 409 g/mol. The molecule has 29 heavy (non-hydrogen) atoms. The molecule has 0 aliphatic rings. The van der Waals surface area contributed by atoms with Crippen LogP contribution in [0.1, 0.15) is 22.6 Å². The second kappa shape index (κ2) is 7.85. The molecule has 0 unspecified atom stereocenters. The topological polar surface area (TPSA) is 118 Å². The van der Waals surface area contributed by atoms with Gasteiger partial charge in [-0.2, -0.15) is 5.26 Å². The summed E-state index contributed by atoms with van der Waals surface area (Å²) >= 11 is 0. The molecule has 0 atom stereocenters. The minimum Gasteiger partial charge on any atom is -0.435 e. The predicted octanol–water partition coefficient (Wildman–Crippen LogP) is 3.50. The first-order valence-corrected chi connectivity index (χ1v) is 10.5. The van der Waals surface area contributed by atoms with E-state index in [-0.39, 0.29) is 17.3 Å². The van der Waals surface area contributed by atoms with E-state index < -0.39 is 10.0 Å². The number of nitrogens with zero attached hydrogens (tertiary/aromatic N) is 4. The van der Waals surface area contributed by atoms with Gasteiger partial charge in [-0.05, 0) is 56.7 Å². The lowest BCUT2D eigenvalue weighted by molar-refractivity contribution is 0.455. The van der Waals surface area contributed by atoms with E-state index in [0.717, 1.165) is 17.5 Å². The molecule has 148 valence electrons. The first-order chi connectivity index (χ1) is 13.7. The van der Waals surface area contributed by atoms with Crippen LogP contribution < -0.4 is 9.46 Å². The van der Waals surface area contributed by atoms with Crippen LogP contribution in [0.15, 0.2) is 36.4 Å². The number of hydrogen-bond acceptors (Lipinski definition) is 7. The van der Waals surface area contributed by atoms with Crippen molar-refractivity contribution in [2.75, 3.05) is 11.0 Å². The summed E-state index contributed by atoms with van der Waals surface area (Å²) < 4.78 is 31.9. The van der Waals surface area contributed by atoms with Gasteiger partial charge in [0, 0.05) is 5.69 Å². The second-order valence-electron chi connectivity index (χ2n) is 6.54. The molecule has 3 heterocycles. The van der Waals surface area contributed by atoms with Crippen molar-refractivity contribution in [1.29, 1.82) is 5.26 Å². The highest BCUT2D eigenvalue weighted by molar-refractivity contribution is 7.92. The van der Waals surface area contributed by atoms with Crippen molar-refractivity contribution in [2.45, 2.75) is 20.8 Å². The Morgan fingerprint density at radius 3 is 2.41 bits per heavy atom. The highest BCUT2D eigenvalue weighted by atomic mass is 32.2. The van der Waals surface area contributed by atoms with E-state index in [9.17, 15) is 8.42 Å². The lowest BCUT2D eigenvalue weighted by Crippen LogP contribution is -2.11. The number of anilines is 1. The number of rotatable bonds is 5. The van der Waals surface area contributed by atoms with Gasteiger partial charge < -0.3 is 4.74 Å². The molecule has 8 nitrogen and oxygen atoms in total. The van der Waals surface area contributed by atoms with Crippen molar-refractivity contribution in [3.05, 3.63) is 59.0 Å². The number of ether oxygens (including phenoxy) is 1. The summed E-state index contributed by atoms with van der Waals surface area (Å²) in [7, 11) is -3.55. The molecule has 3 aromatic rings. The van der Waals surface area contributed by atoms with E-state index in [4.69, 9.17) is 10.00 Å². The standard InChI is InChI=1S/C20H19N5O3S/c1-12-10-13(2)22-14(3)19(12)28-20-18(25-29(4,26)27)9-8-17(24-20)16-7-5-6-15(11-21)23-16/h5-10,25H,1-4H3. The van der Waals surface area contributed by atoms with Crippen LogP contribution in [0.4, 0.5) is 5.69 Å². The summed E-state index contributed by atoms with van der Waals surface area (Å²) in [6.07, 6.45) is 1.05. The number of hydrogen-bond donors (Lipinski definition) is 1. The lowest BCUT2D eigenvalue weighted by Gasteiger charge is -2.15. The van der Waals surface area contributed by atoms with Crippen molar-refractivity contribution in [3.8, 4) is 29.1 Å². The van der Waals surface area contributed by atoms with Gasteiger partial charge in [0.15, 0.2) is 5.75 Å². The van der Waals surface area contributed by atoms with Gasteiger partial charge in [-0.15, -0.1) is 0 Å². The van der Waals surface area contributed by atoms with Gasteiger partial charge in [-0.1, -0.05) is 6.07 Å². The fraction of sp³-hybridized carbons (Fsp3) is 0.200. The third-order valence-corrected chi connectivity index (χ3v) is 4.53. The van der Waals surface area contributed by atoms with Crippen molar-refractivity contribution in [2.24, 2.45) is 0 Å². The molecule has 0 aromatic carbocycles. The predicted molar refractivity (Wildman–Crippen MR) is 109 cm³/mol. The fourth-order valence-corrected chi connectivity index (χ4v) is 3.40. The zero-order valence-corrected chi connectivity index (χ0v) is 17.2. The van der Waals surface area contributed by atoms with Gasteiger partial charge >= 0.3 is 0 Å². The van der Waals surface area contributed by atoms with Crippen molar-refractivity contribution in [1.82, 2.24) is 15.0 Å². The van der Waals surface area contributed by atoms with E-state index in [1.807, 2.05) is 26.0 Å². The van der Waals surface area contributed by atoms with Crippen LogP contribution in [0.3, 0.4) is 0 Å². The Labute approximate surface area is 169 Å². The highest BCUT2D eigenvalue weighted by Crippen LogP contribution is 2.34. The van der Waals surface area contributed by atoms with Crippen LogP contribution >= 0.6 is 0 Å². The third-order valence-electron chi connectivity index (χ3n) is 3.94. The van der Waals surface area contributed by atoms with E-state index in [0.29, 0.717) is 22.8 Å². The highest BCUT2D eigenvalue weighted by Gasteiger charge is 2.17. The number of aryl methyl sites for hydroxylation is 3. The zero-order valence-electron chi connectivity index (χ0n) is 16.4. The smallest absolute Gasteiger partial charge is 0.244 e.